The van der Waals surface area contributed by atoms with Gasteiger partial charge >= 0.3 is 0 Å². The predicted octanol–water partition coefficient (Wildman–Crippen LogP) is 3.55. The van der Waals surface area contributed by atoms with E-state index in [1.165, 1.54) is 38.5 Å². The second-order valence-corrected chi connectivity index (χ2v) is 8.26. The van der Waals surface area contributed by atoms with E-state index in [9.17, 15) is 4.79 Å². The van der Waals surface area contributed by atoms with Gasteiger partial charge in [0.25, 0.3) is 0 Å². The second kappa shape index (κ2) is 14.4. The highest BCUT2D eigenvalue weighted by atomic mass is 127. The van der Waals surface area contributed by atoms with Crippen molar-refractivity contribution in [1.29, 1.82) is 0 Å². The molecule has 164 valence electrons. The van der Waals surface area contributed by atoms with Gasteiger partial charge < -0.3 is 20.3 Å². The number of amides is 1. The van der Waals surface area contributed by atoms with Gasteiger partial charge in [0.1, 0.15) is 0 Å². The minimum absolute atomic E-state index is 0. The third-order valence-corrected chi connectivity index (χ3v) is 5.58. The highest BCUT2D eigenvalue weighted by Gasteiger charge is 2.27. The van der Waals surface area contributed by atoms with E-state index in [4.69, 9.17) is 4.74 Å². The van der Waals surface area contributed by atoms with Gasteiger partial charge in [0, 0.05) is 45.2 Å². The number of likely N-dealkylation sites (tertiary alicyclic amines) is 1. The Bertz CT molecular complexity index is 465. The molecule has 0 aromatic heterocycles. The molecular formula is C21H41IN4O2. The average molecular weight is 508 g/mol. The molecule has 7 heteroatoms. The molecule has 1 saturated carbocycles. The Morgan fingerprint density at radius 1 is 1.14 bits per heavy atom. The molecule has 0 aromatic rings. The van der Waals surface area contributed by atoms with Crippen LogP contribution < -0.4 is 10.6 Å². The average Bonchev–Trinajstić information content (AvgIpc) is 2.97. The zero-order valence-electron chi connectivity index (χ0n) is 18.0. The maximum atomic E-state index is 12.1. The summed E-state index contributed by atoms with van der Waals surface area (Å²) < 4.78 is 6.05. The number of guanidine groups is 1. The van der Waals surface area contributed by atoms with Crippen LogP contribution in [0.25, 0.3) is 0 Å². The van der Waals surface area contributed by atoms with Gasteiger partial charge in [0.2, 0.25) is 5.91 Å². The Morgan fingerprint density at radius 2 is 1.86 bits per heavy atom. The van der Waals surface area contributed by atoms with Crippen molar-refractivity contribution in [2.75, 3.05) is 33.3 Å². The topological polar surface area (TPSA) is 66.0 Å². The molecule has 2 aliphatic rings. The third kappa shape index (κ3) is 9.29. The summed E-state index contributed by atoms with van der Waals surface area (Å²) in [6, 6.07) is 0.289. The van der Waals surface area contributed by atoms with Crippen molar-refractivity contribution < 1.29 is 9.53 Å². The molecule has 2 fully saturated rings. The van der Waals surface area contributed by atoms with Gasteiger partial charge in [-0.2, -0.15) is 0 Å². The molecule has 1 heterocycles. The molecule has 1 amide bonds. The van der Waals surface area contributed by atoms with Crippen LogP contribution in [0.2, 0.25) is 0 Å². The number of ether oxygens (including phenoxy) is 1. The normalized spacial score (nSPS) is 21.4. The van der Waals surface area contributed by atoms with E-state index in [0.717, 1.165) is 51.5 Å². The molecule has 0 radical (unpaired) electrons. The van der Waals surface area contributed by atoms with Crippen LogP contribution in [-0.2, 0) is 9.53 Å². The van der Waals surface area contributed by atoms with Crippen LogP contribution in [0.5, 0.6) is 0 Å². The van der Waals surface area contributed by atoms with E-state index in [-0.39, 0.29) is 41.8 Å². The lowest BCUT2D eigenvalue weighted by Gasteiger charge is -2.20. The van der Waals surface area contributed by atoms with Crippen LogP contribution >= 0.6 is 24.0 Å². The van der Waals surface area contributed by atoms with Gasteiger partial charge in [-0.25, -0.2) is 0 Å². The number of halogens is 1. The zero-order valence-corrected chi connectivity index (χ0v) is 20.4. The number of carbonyl (C=O) groups is 1. The number of rotatable bonds is 8. The lowest BCUT2D eigenvalue weighted by atomic mass is 10.1. The summed E-state index contributed by atoms with van der Waals surface area (Å²) in [4.78, 5) is 18.4. The highest BCUT2D eigenvalue weighted by Crippen LogP contribution is 2.20. The fourth-order valence-electron chi connectivity index (χ4n) is 3.92. The van der Waals surface area contributed by atoms with Crippen LogP contribution in [0.1, 0.15) is 71.6 Å². The first-order valence-corrected chi connectivity index (χ1v) is 11.0. The lowest BCUT2D eigenvalue weighted by molar-refractivity contribution is -0.133. The first-order chi connectivity index (χ1) is 13.1. The highest BCUT2D eigenvalue weighted by molar-refractivity contribution is 14.0. The summed E-state index contributed by atoms with van der Waals surface area (Å²) in [5, 5.41) is 6.84. The maximum Gasteiger partial charge on any atom is 0.225 e. The van der Waals surface area contributed by atoms with Crippen molar-refractivity contribution in [2.24, 2.45) is 10.9 Å². The van der Waals surface area contributed by atoms with Gasteiger partial charge in [-0.3, -0.25) is 9.79 Å². The molecule has 2 N–H and O–H groups in total. The van der Waals surface area contributed by atoms with Crippen molar-refractivity contribution in [3.05, 3.63) is 0 Å². The second-order valence-electron chi connectivity index (χ2n) is 8.26. The van der Waals surface area contributed by atoms with Crippen molar-refractivity contribution >= 4 is 35.8 Å². The number of hydrogen-bond donors (Lipinski definition) is 2. The van der Waals surface area contributed by atoms with E-state index in [1.54, 1.807) is 7.05 Å². The molecule has 1 aliphatic carbocycles. The molecule has 1 aliphatic heterocycles. The Hall–Kier alpha value is -0.570. The van der Waals surface area contributed by atoms with E-state index in [0.29, 0.717) is 6.10 Å². The minimum atomic E-state index is 0. The largest absolute Gasteiger partial charge is 0.378 e. The molecule has 0 spiro atoms. The van der Waals surface area contributed by atoms with Gasteiger partial charge in [0.05, 0.1) is 6.10 Å². The van der Waals surface area contributed by atoms with Crippen molar-refractivity contribution in [3.63, 3.8) is 0 Å². The molecule has 1 saturated heterocycles. The molecule has 0 bridgehead atoms. The van der Waals surface area contributed by atoms with Crippen LogP contribution in [-0.4, -0.2) is 62.2 Å². The Labute approximate surface area is 188 Å². The fraction of sp³-hybridized carbons (Fsp3) is 0.905. The SMILES string of the molecule is CN=C(NCCCCOC1CCCCCC1)NC1CCN(C(=O)C(C)C)C1.I. The van der Waals surface area contributed by atoms with E-state index in [1.807, 2.05) is 18.7 Å². The summed E-state index contributed by atoms with van der Waals surface area (Å²) in [7, 11) is 1.80. The smallest absolute Gasteiger partial charge is 0.225 e. The Morgan fingerprint density at radius 3 is 2.50 bits per heavy atom. The van der Waals surface area contributed by atoms with Crippen LogP contribution in [0.4, 0.5) is 0 Å². The summed E-state index contributed by atoms with van der Waals surface area (Å²) in [5.41, 5.74) is 0. The van der Waals surface area contributed by atoms with E-state index in [2.05, 4.69) is 15.6 Å². The molecule has 6 nitrogen and oxygen atoms in total. The number of nitrogens with zero attached hydrogens (tertiary/aromatic N) is 2. The minimum Gasteiger partial charge on any atom is -0.378 e. The maximum absolute atomic E-state index is 12.1. The summed E-state index contributed by atoms with van der Waals surface area (Å²) in [5.74, 6) is 1.15. The van der Waals surface area contributed by atoms with E-state index >= 15 is 0 Å². The molecule has 28 heavy (non-hydrogen) atoms. The van der Waals surface area contributed by atoms with E-state index < -0.39 is 0 Å². The lowest BCUT2D eigenvalue weighted by Crippen LogP contribution is -2.45. The summed E-state index contributed by atoms with van der Waals surface area (Å²) in [6.45, 7) is 7.30. The monoisotopic (exact) mass is 508 g/mol. The van der Waals surface area contributed by atoms with Gasteiger partial charge in [-0.15, -0.1) is 24.0 Å². The Kier molecular flexibility index (Phi) is 13.1. The standard InChI is InChI=1S/C21H40N4O2.HI/c1-17(2)20(26)25-14-12-18(16-25)24-21(22-3)23-13-8-9-15-27-19-10-6-4-5-7-11-19;/h17-19H,4-16H2,1-3H3,(H2,22,23,24);1H. The predicted molar refractivity (Wildman–Crippen MR) is 126 cm³/mol. The Balaban J connectivity index is 0.00000392. The number of aliphatic imine (C=N–C) groups is 1. The molecule has 0 aromatic carbocycles. The summed E-state index contributed by atoms with van der Waals surface area (Å²) in [6.07, 6.45) is 11.5. The molecule has 1 atom stereocenters. The number of carbonyl (C=O) groups excluding carboxylic acids is 1. The first-order valence-electron chi connectivity index (χ1n) is 11.0. The third-order valence-electron chi connectivity index (χ3n) is 5.58. The molecule has 2 rings (SSSR count). The number of hydrogen-bond acceptors (Lipinski definition) is 3. The van der Waals surface area contributed by atoms with Crippen LogP contribution in [0, 0.1) is 5.92 Å². The van der Waals surface area contributed by atoms with Gasteiger partial charge in [-0.1, -0.05) is 39.5 Å². The fourth-order valence-corrected chi connectivity index (χ4v) is 3.92. The number of nitrogens with one attached hydrogen (secondary N) is 2. The number of unbranched alkanes of at least 4 members (excludes halogenated alkanes) is 1. The van der Waals surface area contributed by atoms with Crippen LogP contribution in [0.15, 0.2) is 4.99 Å². The van der Waals surface area contributed by atoms with Crippen molar-refractivity contribution in [2.45, 2.75) is 83.8 Å². The summed E-state index contributed by atoms with van der Waals surface area (Å²) >= 11 is 0. The first kappa shape index (κ1) is 25.5. The van der Waals surface area contributed by atoms with Gasteiger partial charge in [0.15, 0.2) is 5.96 Å². The van der Waals surface area contributed by atoms with Crippen LogP contribution in [0.3, 0.4) is 0 Å². The molecular weight excluding hydrogens is 467 g/mol. The van der Waals surface area contributed by atoms with Gasteiger partial charge in [-0.05, 0) is 32.1 Å². The van der Waals surface area contributed by atoms with Crippen molar-refractivity contribution in [1.82, 2.24) is 15.5 Å². The molecule has 1 unspecified atom stereocenters. The zero-order chi connectivity index (χ0) is 19.5. The quantitative estimate of drug-likeness (QED) is 0.173. The van der Waals surface area contributed by atoms with Crippen molar-refractivity contribution in [3.8, 4) is 0 Å².